The zero-order valence-corrected chi connectivity index (χ0v) is 10.8. The number of rotatable bonds is 4. The Labute approximate surface area is 115 Å². The van der Waals surface area contributed by atoms with Gasteiger partial charge in [-0.3, -0.25) is 0 Å². The van der Waals surface area contributed by atoms with E-state index in [0.717, 1.165) is 24.8 Å². The Balaban J connectivity index is 1.94. The molecule has 0 amide bonds. The standard InChI is InChI=1S/C14H14FN3O2/c15-11-6-1-3-9(7-11)8-18-13(10-4-2-5-10)12(14(19)20)16-17-18/h1,3,6-7,10H,2,4-5,8H2,(H,19,20). The Morgan fingerprint density at radius 3 is 2.85 bits per heavy atom. The van der Waals surface area contributed by atoms with Crippen LogP contribution in [0.25, 0.3) is 0 Å². The number of halogens is 1. The highest BCUT2D eigenvalue weighted by Crippen LogP contribution is 2.37. The van der Waals surface area contributed by atoms with Crippen LogP contribution in [0.2, 0.25) is 0 Å². The molecule has 1 aliphatic rings. The first-order valence-electron chi connectivity index (χ1n) is 6.56. The largest absolute Gasteiger partial charge is 0.476 e. The summed E-state index contributed by atoms with van der Waals surface area (Å²) in [6.45, 7) is 0.337. The second-order valence-corrected chi connectivity index (χ2v) is 5.04. The molecule has 0 spiro atoms. The minimum Gasteiger partial charge on any atom is -0.476 e. The molecule has 1 N–H and O–H groups in total. The van der Waals surface area contributed by atoms with Crippen molar-refractivity contribution < 1.29 is 14.3 Å². The summed E-state index contributed by atoms with van der Waals surface area (Å²) in [7, 11) is 0. The van der Waals surface area contributed by atoms with E-state index in [4.69, 9.17) is 0 Å². The van der Waals surface area contributed by atoms with E-state index in [0.29, 0.717) is 12.2 Å². The molecule has 20 heavy (non-hydrogen) atoms. The van der Waals surface area contributed by atoms with E-state index in [-0.39, 0.29) is 17.4 Å². The summed E-state index contributed by atoms with van der Waals surface area (Å²) in [6.07, 6.45) is 3.00. The monoisotopic (exact) mass is 275 g/mol. The normalized spacial score (nSPS) is 15.1. The first kappa shape index (κ1) is 12.8. The van der Waals surface area contributed by atoms with Gasteiger partial charge < -0.3 is 5.11 Å². The van der Waals surface area contributed by atoms with Crippen molar-refractivity contribution in [2.24, 2.45) is 0 Å². The van der Waals surface area contributed by atoms with E-state index in [1.165, 1.54) is 12.1 Å². The second kappa shape index (κ2) is 5.03. The van der Waals surface area contributed by atoms with E-state index in [9.17, 15) is 14.3 Å². The van der Waals surface area contributed by atoms with E-state index < -0.39 is 5.97 Å². The molecule has 104 valence electrons. The number of nitrogens with zero attached hydrogens (tertiary/aromatic N) is 3. The lowest BCUT2D eigenvalue weighted by Gasteiger charge is -2.26. The van der Waals surface area contributed by atoms with Gasteiger partial charge in [0.25, 0.3) is 0 Å². The molecule has 3 rings (SSSR count). The summed E-state index contributed by atoms with van der Waals surface area (Å²) in [6, 6.07) is 6.21. The maximum atomic E-state index is 13.2. The maximum Gasteiger partial charge on any atom is 0.358 e. The van der Waals surface area contributed by atoms with Gasteiger partial charge in [0.05, 0.1) is 12.2 Å². The Hall–Kier alpha value is -2.24. The number of benzene rings is 1. The van der Waals surface area contributed by atoms with Crippen LogP contribution >= 0.6 is 0 Å². The SMILES string of the molecule is O=C(O)c1nnn(Cc2cccc(F)c2)c1C1CCC1. The maximum absolute atomic E-state index is 13.2. The number of aromatic nitrogens is 3. The third-order valence-electron chi connectivity index (χ3n) is 3.69. The molecule has 1 fully saturated rings. The first-order chi connectivity index (χ1) is 9.65. The third kappa shape index (κ3) is 2.29. The number of hydrogen-bond acceptors (Lipinski definition) is 3. The number of aromatic carboxylic acids is 1. The zero-order valence-electron chi connectivity index (χ0n) is 10.8. The van der Waals surface area contributed by atoms with Crippen LogP contribution in [0.1, 0.15) is 46.9 Å². The molecule has 0 atom stereocenters. The second-order valence-electron chi connectivity index (χ2n) is 5.04. The van der Waals surface area contributed by atoms with Gasteiger partial charge in [-0.1, -0.05) is 23.8 Å². The van der Waals surface area contributed by atoms with Crippen LogP contribution < -0.4 is 0 Å². The van der Waals surface area contributed by atoms with Gasteiger partial charge in [-0.15, -0.1) is 5.10 Å². The fourth-order valence-corrected chi connectivity index (χ4v) is 2.48. The van der Waals surface area contributed by atoms with Crippen LogP contribution in [0.5, 0.6) is 0 Å². The molecule has 6 heteroatoms. The van der Waals surface area contributed by atoms with Gasteiger partial charge in [0.1, 0.15) is 5.82 Å². The van der Waals surface area contributed by atoms with Gasteiger partial charge in [0.2, 0.25) is 0 Å². The summed E-state index contributed by atoms with van der Waals surface area (Å²) in [4.78, 5) is 11.2. The first-order valence-corrected chi connectivity index (χ1v) is 6.56. The Morgan fingerprint density at radius 1 is 1.45 bits per heavy atom. The van der Waals surface area contributed by atoms with Gasteiger partial charge in [0, 0.05) is 5.92 Å². The molecule has 0 aliphatic heterocycles. The van der Waals surface area contributed by atoms with Crippen LogP contribution in [-0.2, 0) is 6.54 Å². The Kier molecular flexibility index (Phi) is 3.22. The van der Waals surface area contributed by atoms with E-state index in [1.54, 1.807) is 16.8 Å². The van der Waals surface area contributed by atoms with E-state index in [1.807, 2.05) is 0 Å². The summed E-state index contributed by atoms with van der Waals surface area (Å²) in [5, 5.41) is 16.9. The van der Waals surface area contributed by atoms with Gasteiger partial charge in [-0.2, -0.15) is 0 Å². The minimum absolute atomic E-state index is 0.0195. The quantitative estimate of drug-likeness (QED) is 0.930. The molecule has 1 aromatic heterocycles. The molecular formula is C14H14FN3O2. The smallest absolute Gasteiger partial charge is 0.358 e. The van der Waals surface area contributed by atoms with E-state index >= 15 is 0 Å². The molecule has 1 heterocycles. The predicted molar refractivity (Wildman–Crippen MR) is 69.1 cm³/mol. The molecule has 5 nitrogen and oxygen atoms in total. The van der Waals surface area contributed by atoms with Gasteiger partial charge >= 0.3 is 5.97 Å². The molecule has 0 bridgehead atoms. The van der Waals surface area contributed by atoms with Crippen LogP contribution in [0.15, 0.2) is 24.3 Å². The molecule has 2 aromatic rings. The number of carbonyl (C=O) groups is 1. The lowest BCUT2D eigenvalue weighted by Crippen LogP contribution is -2.18. The van der Waals surface area contributed by atoms with Crippen molar-refractivity contribution in [3.8, 4) is 0 Å². The molecule has 0 saturated heterocycles. The van der Waals surface area contributed by atoms with Gasteiger partial charge in [0.15, 0.2) is 5.69 Å². The van der Waals surface area contributed by atoms with Crippen molar-refractivity contribution in [3.63, 3.8) is 0 Å². The highest BCUT2D eigenvalue weighted by Gasteiger charge is 2.30. The number of carboxylic acids is 1. The zero-order chi connectivity index (χ0) is 14.1. The van der Waals surface area contributed by atoms with Crippen LogP contribution in [0.3, 0.4) is 0 Å². The minimum atomic E-state index is -1.06. The number of hydrogen-bond donors (Lipinski definition) is 1. The fourth-order valence-electron chi connectivity index (χ4n) is 2.48. The van der Waals surface area contributed by atoms with Crippen molar-refractivity contribution in [1.29, 1.82) is 0 Å². The molecular weight excluding hydrogens is 261 g/mol. The van der Waals surface area contributed by atoms with Crippen LogP contribution in [0, 0.1) is 5.82 Å². The van der Waals surface area contributed by atoms with Gasteiger partial charge in [-0.25, -0.2) is 13.9 Å². The third-order valence-corrected chi connectivity index (χ3v) is 3.69. The molecule has 0 unspecified atom stereocenters. The Morgan fingerprint density at radius 2 is 2.25 bits per heavy atom. The molecule has 1 saturated carbocycles. The fraction of sp³-hybridized carbons (Fsp3) is 0.357. The molecule has 1 aliphatic carbocycles. The topological polar surface area (TPSA) is 68.0 Å². The Bertz CT molecular complexity index is 650. The van der Waals surface area contributed by atoms with Crippen molar-refractivity contribution in [3.05, 3.63) is 47.0 Å². The van der Waals surface area contributed by atoms with Crippen molar-refractivity contribution in [1.82, 2.24) is 15.0 Å². The molecule has 1 aromatic carbocycles. The van der Waals surface area contributed by atoms with E-state index in [2.05, 4.69) is 10.3 Å². The summed E-state index contributed by atoms with van der Waals surface area (Å²) >= 11 is 0. The molecule has 0 radical (unpaired) electrons. The predicted octanol–water partition coefficient (Wildman–Crippen LogP) is 2.43. The van der Waals surface area contributed by atoms with Crippen molar-refractivity contribution in [2.45, 2.75) is 31.7 Å². The van der Waals surface area contributed by atoms with Gasteiger partial charge in [-0.05, 0) is 30.5 Å². The van der Waals surface area contributed by atoms with Crippen LogP contribution in [-0.4, -0.2) is 26.1 Å². The average Bonchev–Trinajstić information content (AvgIpc) is 2.71. The number of carboxylic acid groups (broad SMARTS) is 1. The summed E-state index contributed by atoms with van der Waals surface area (Å²) < 4.78 is 14.8. The van der Waals surface area contributed by atoms with Crippen molar-refractivity contribution in [2.75, 3.05) is 0 Å². The summed E-state index contributed by atoms with van der Waals surface area (Å²) in [5.74, 6) is -1.17. The highest BCUT2D eigenvalue weighted by atomic mass is 19.1. The lowest BCUT2D eigenvalue weighted by molar-refractivity contribution is 0.0687. The average molecular weight is 275 g/mol. The summed E-state index contributed by atoms with van der Waals surface area (Å²) in [5.41, 5.74) is 1.42. The van der Waals surface area contributed by atoms with Crippen molar-refractivity contribution >= 4 is 5.97 Å². The highest BCUT2D eigenvalue weighted by molar-refractivity contribution is 5.86. The lowest BCUT2D eigenvalue weighted by atomic mass is 9.82. The van der Waals surface area contributed by atoms with Crippen LogP contribution in [0.4, 0.5) is 4.39 Å².